The van der Waals surface area contributed by atoms with E-state index in [1.165, 1.54) is 5.56 Å². The summed E-state index contributed by atoms with van der Waals surface area (Å²) in [5.41, 5.74) is 1.43. The Hall–Kier alpha value is -1.07. The normalized spacial score (nSPS) is 25.8. The molecular weight excluding hydrogens is 350 g/mol. The van der Waals surface area contributed by atoms with E-state index in [4.69, 9.17) is 18.6 Å². The van der Waals surface area contributed by atoms with Crippen LogP contribution in [0, 0.1) is 6.92 Å². The smallest absolute Gasteiger partial charge is 0.403 e. The van der Waals surface area contributed by atoms with Crippen molar-refractivity contribution in [1.82, 2.24) is 0 Å². The maximum Gasteiger partial charge on any atom is 0.490 e. The molecule has 28 heavy (non-hydrogen) atoms. The van der Waals surface area contributed by atoms with Crippen LogP contribution in [0.5, 0.6) is 0 Å². The third kappa shape index (κ3) is 3.60. The monoisotopic (exact) mass is 384 g/mol. The summed E-state index contributed by atoms with van der Waals surface area (Å²) >= 11 is 0. The van der Waals surface area contributed by atoms with Crippen LogP contribution in [0.2, 0.25) is 0 Å². The molecule has 3 rings (SSSR count). The Balaban J connectivity index is 1.96. The third-order valence-electron chi connectivity index (χ3n) is 6.94. The van der Waals surface area contributed by atoms with Crippen molar-refractivity contribution in [3.05, 3.63) is 47.4 Å². The predicted octanol–water partition coefficient (Wildman–Crippen LogP) is 4.90. The molecule has 0 saturated carbocycles. The van der Waals surface area contributed by atoms with Crippen molar-refractivity contribution in [1.29, 1.82) is 0 Å². The van der Waals surface area contributed by atoms with Gasteiger partial charge >= 0.3 is 14.2 Å². The minimum Gasteiger partial charge on any atom is -0.403 e. The summed E-state index contributed by atoms with van der Waals surface area (Å²) in [5, 5.41) is 0. The molecule has 0 radical (unpaired) electrons. The minimum absolute atomic E-state index is 0.198. The van der Waals surface area contributed by atoms with Gasteiger partial charge in [-0.15, -0.1) is 6.58 Å². The Labute approximate surface area is 171 Å². The first-order valence-corrected chi connectivity index (χ1v) is 10.1. The van der Waals surface area contributed by atoms with E-state index in [2.05, 4.69) is 93.2 Å². The molecule has 0 spiro atoms. The SMILES string of the molecule is C=C(B1OC(C)(C)C(C)(C)O1)[C@@H](B1OC(C)(C)C(C)(C)O1)c1ccc(C)cc1. The molecule has 152 valence electrons. The molecule has 4 nitrogen and oxygen atoms in total. The molecule has 6 heteroatoms. The zero-order chi connectivity index (χ0) is 21.1. The lowest BCUT2D eigenvalue weighted by molar-refractivity contribution is 0.00578. The highest BCUT2D eigenvalue weighted by Crippen LogP contribution is 2.46. The van der Waals surface area contributed by atoms with Crippen molar-refractivity contribution >= 4 is 14.2 Å². The van der Waals surface area contributed by atoms with Crippen LogP contribution < -0.4 is 0 Å². The van der Waals surface area contributed by atoms with E-state index in [1.807, 2.05) is 0 Å². The maximum absolute atomic E-state index is 6.40. The van der Waals surface area contributed by atoms with Gasteiger partial charge in [-0.1, -0.05) is 29.8 Å². The average molecular weight is 384 g/mol. The Morgan fingerprint density at radius 1 is 0.750 bits per heavy atom. The fraction of sp³-hybridized carbons (Fsp3) is 0.636. The summed E-state index contributed by atoms with van der Waals surface area (Å²) in [6.45, 7) is 22.9. The van der Waals surface area contributed by atoms with E-state index in [9.17, 15) is 0 Å². The van der Waals surface area contributed by atoms with Gasteiger partial charge in [-0.2, -0.15) is 0 Å². The van der Waals surface area contributed by atoms with E-state index in [-0.39, 0.29) is 5.82 Å². The summed E-state index contributed by atoms with van der Waals surface area (Å²) in [6.07, 6.45) is 0. The maximum atomic E-state index is 6.40. The van der Waals surface area contributed by atoms with Crippen molar-refractivity contribution in [2.24, 2.45) is 0 Å². The number of rotatable bonds is 4. The van der Waals surface area contributed by atoms with Crippen LogP contribution in [0.3, 0.4) is 0 Å². The van der Waals surface area contributed by atoms with Crippen LogP contribution >= 0.6 is 0 Å². The number of hydrogen-bond acceptors (Lipinski definition) is 4. The first-order valence-electron chi connectivity index (χ1n) is 10.1. The molecule has 2 heterocycles. The predicted molar refractivity (Wildman–Crippen MR) is 115 cm³/mol. The molecule has 2 aliphatic heterocycles. The van der Waals surface area contributed by atoms with E-state index in [0.717, 1.165) is 11.0 Å². The summed E-state index contributed by atoms with van der Waals surface area (Å²) in [6, 6.07) is 8.43. The van der Waals surface area contributed by atoms with Crippen LogP contribution in [0.4, 0.5) is 0 Å². The highest BCUT2D eigenvalue weighted by atomic mass is 16.7. The van der Waals surface area contributed by atoms with Gasteiger partial charge in [-0.05, 0) is 73.3 Å². The number of hydrogen-bond donors (Lipinski definition) is 0. The lowest BCUT2D eigenvalue weighted by atomic mass is 9.55. The van der Waals surface area contributed by atoms with E-state index >= 15 is 0 Å². The van der Waals surface area contributed by atoms with Gasteiger partial charge in [0.25, 0.3) is 0 Å². The lowest BCUT2D eigenvalue weighted by Crippen LogP contribution is -2.41. The quantitative estimate of drug-likeness (QED) is 0.693. The van der Waals surface area contributed by atoms with Crippen molar-refractivity contribution in [3.8, 4) is 0 Å². The van der Waals surface area contributed by atoms with Gasteiger partial charge in [0.1, 0.15) is 0 Å². The van der Waals surface area contributed by atoms with Crippen LogP contribution in [0.1, 0.15) is 72.3 Å². The summed E-state index contributed by atoms with van der Waals surface area (Å²) in [7, 11) is -0.977. The van der Waals surface area contributed by atoms with E-state index in [0.29, 0.717) is 0 Å². The first kappa shape index (κ1) is 21.6. The molecule has 0 aliphatic carbocycles. The number of allylic oxidation sites excluding steroid dienone is 1. The van der Waals surface area contributed by atoms with Crippen molar-refractivity contribution in [2.45, 2.75) is 90.5 Å². The third-order valence-corrected chi connectivity index (χ3v) is 6.94. The minimum atomic E-state index is -0.518. The summed E-state index contributed by atoms with van der Waals surface area (Å²) in [4.78, 5) is 0. The molecule has 2 fully saturated rings. The van der Waals surface area contributed by atoms with Gasteiger partial charge in [0, 0.05) is 5.82 Å². The van der Waals surface area contributed by atoms with Gasteiger partial charge in [-0.3, -0.25) is 0 Å². The highest BCUT2D eigenvalue weighted by molar-refractivity contribution is 6.60. The van der Waals surface area contributed by atoms with Crippen LogP contribution in [0.25, 0.3) is 0 Å². The largest absolute Gasteiger partial charge is 0.490 e. The molecule has 1 atom stereocenters. The summed E-state index contributed by atoms with van der Waals surface area (Å²) < 4.78 is 25.4. The molecule has 2 aliphatic rings. The van der Waals surface area contributed by atoms with Crippen LogP contribution in [-0.4, -0.2) is 36.6 Å². The fourth-order valence-corrected chi connectivity index (χ4v) is 3.49. The van der Waals surface area contributed by atoms with E-state index in [1.54, 1.807) is 0 Å². The van der Waals surface area contributed by atoms with Crippen LogP contribution in [-0.2, 0) is 18.6 Å². The molecule has 0 N–H and O–H groups in total. The molecule has 2 saturated heterocycles. The Morgan fingerprint density at radius 2 is 1.14 bits per heavy atom. The van der Waals surface area contributed by atoms with Gasteiger partial charge in [0.2, 0.25) is 0 Å². The lowest BCUT2D eigenvalue weighted by Gasteiger charge is -2.32. The van der Waals surface area contributed by atoms with Crippen molar-refractivity contribution in [2.75, 3.05) is 0 Å². The average Bonchev–Trinajstić information content (AvgIpc) is 2.89. The van der Waals surface area contributed by atoms with Gasteiger partial charge < -0.3 is 18.6 Å². The van der Waals surface area contributed by atoms with Gasteiger partial charge in [-0.25, -0.2) is 0 Å². The molecule has 1 aromatic carbocycles. The van der Waals surface area contributed by atoms with Crippen molar-refractivity contribution < 1.29 is 18.6 Å². The second-order valence-electron chi connectivity index (χ2n) is 10.2. The molecule has 1 aromatic rings. The molecule has 0 amide bonds. The molecule has 0 unspecified atom stereocenters. The topological polar surface area (TPSA) is 36.9 Å². The Kier molecular flexibility index (Phi) is 5.20. The van der Waals surface area contributed by atoms with Gasteiger partial charge in [0.15, 0.2) is 0 Å². The van der Waals surface area contributed by atoms with E-state index < -0.39 is 36.6 Å². The van der Waals surface area contributed by atoms with Gasteiger partial charge in [0.05, 0.1) is 22.4 Å². The van der Waals surface area contributed by atoms with Crippen molar-refractivity contribution in [3.63, 3.8) is 0 Å². The number of aryl methyl sites for hydroxylation is 1. The number of benzene rings is 1. The highest BCUT2D eigenvalue weighted by Gasteiger charge is 2.58. The zero-order valence-corrected chi connectivity index (χ0v) is 18.9. The van der Waals surface area contributed by atoms with Crippen LogP contribution in [0.15, 0.2) is 36.3 Å². The summed E-state index contributed by atoms with van der Waals surface area (Å²) in [5.74, 6) is -0.198. The zero-order valence-electron chi connectivity index (χ0n) is 18.9. The standard InChI is InChI=1S/C22H34B2O4/c1-15-11-13-17(14-12-15)18(24-27-21(7,8)22(9,10)28-24)16(2)23-25-19(3,4)20(5,6)26-23/h11-14,18H,2H2,1,3-10H3/t18-/m1/s1. The Bertz CT molecular complexity index is 720. The molecule has 0 bridgehead atoms. The fourth-order valence-electron chi connectivity index (χ4n) is 3.49. The Morgan fingerprint density at radius 3 is 1.57 bits per heavy atom. The molecule has 0 aromatic heterocycles. The second kappa shape index (κ2) is 6.73. The second-order valence-corrected chi connectivity index (χ2v) is 10.2. The first-order chi connectivity index (χ1) is 12.7. The molecular formula is C22H34B2O4.